The summed E-state index contributed by atoms with van der Waals surface area (Å²) in [5.74, 6) is 0. The second-order valence-electron chi connectivity index (χ2n) is 5.34. The highest BCUT2D eigenvalue weighted by molar-refractivity contribution is 9.10. The lowest BCUT2D eigenvalue weighted by Gasteiger charge is -2.30. The van der Waals surface area contributed by atoms with Crippen molar-refractivity contribution in [3.8, 4) is 0 Å². The summed E-state index contributed by atoms with van der Waals surface area (Å²) in [6.07, 6.45) is 3.32. The first-order valence-electron chi connectivity index (χ1n) is 6.10. The largest absolute Gasteiger partial charge is 0.372 e. The van der Waals surface area contributed by atoms with E-state index in [1.54, 1.807) is 12.3 Å². The molecular formula is C13H21BrN4O. The molecule has 0 unspecified atom stereocenters. The van der Waals surface area contributed by atoms with Crippen molar-refractivity contribution in [2.75, 3.05) is 25.0 Å². The molecule has 106 valence electrons. The first kappa shape index (κ1) is 15.9. The Morgan fingerprint density at radius 2 is 2.26 bits per heavy atom. The van der Waals surface area contributed by atoms with Gasteiger partial charge >= 0.3 is 0 Å². The van der Waals surface area contributed by atoms with Gasteiger partial charge in [-0.15, -0.1) is 6.58 Å². The van der Waals surface area contributed by atoms with Crippen molar-refractivity contribution in [1.82, 2.24) is 9.78 Å². The second-order valence-corrected chi connectivity index (χ2v) is 6.14. The summed E-state index contributed by atoms with van der Waals surface area (Å²) in [7, 11) is 1.93. The van der Waals surface area contributed by atoms with Crippen molar-refractivity contribution in [2.45, 2.75) is 20.4 Å². The molecule has 0 saturated carbocycles. The topological polar surface area (TPSA) is 64.2 Å². The number of halogens is 1. The standard InChI is InChI=1S/C13H21BrN4O/c1-5-6-18-12(19)11(14)10(7-16-18)17(4)9-13(2,3)8-15/h5,7H,1,6,8-9,15H2,2-4H3. The van der Waals surface area contributed by atoms with Gasteiger partial charge in [0, 0.05) is 13.6 Å². The first-order valence-corrected chi connectivity index (χ1v) is 6.89. The monoisotopic (exact) mass is 328 g/mol. The molecule has 0 bridgehead atoms. The van der Waals surface area contributed by atoms with Crippen LogP contribution < -0.4 is 16.2 Å². The number of hydrogen-bond donors (Lipinski definition) is 1. The molecule has 0 saturated heterocycles. The van der Waals surface area contributed by atoms with E-state index >= 15 is 0 Å². The Bertz CT molecular complexity index is 510. The van der Waals surface area contributed by atoms with Gasteiger partial charge in [0.05, 0.1) is 18.4 Å². The Balaban J connectivity index is 3.05. The van der Waals surface area contributed by atoms with Crippen LogP contribution in [-0.2, 0) is 6.54 Å². The number of anilines is 1. The number of rotatable bonds is 6. The predicted molar refractivity (Wildman–Crippen MR) is 82.5 cm³/mol. The summed E-state index contributed by atoms with van der Waals surface area (Å²) in [6.45, 7) is 9.50. The molecule has 0 aromatic carbocycles. The summed E-state index contributed by atoms with van der Waals surface area (Å²) in [5, 5.41) is 4.14. The molecule has 1 rings (SSSR count). The van der Waals surface area contributed by atoms with Gasteiger partial charge in [0.1, 0.15) is 4.47 Å². The molecule has 0 aliphatic rings. The third-order valence-electron chi connectivity index (χ3n) is 2.90. The molecule has 19 heavy (non-hydrogen) atoms. The molecule has 6 heteroatoms. The summed E-state index contributed by atoms with van der Waals surface area (Å²) in [5.41, 5.74) is 6.32. The van der Waals surface area contributed by atoms with E-state index in [-0.39, 0.29) is 11.0 Å². The van der Waals surface area contributed by atoms with Crippen molar-refractivity contribution in [3.63, 3.8) is 0 Å². The van der Waals surface area contributed by atoms with Crippen LogP contribution in [0.1, 0.15) is 13.8 Å². The van der Waals surface area contributed by atoms with Crippen molar-refractivity contribution in [2.24, 2.45) is 11.1 Å². The van der Waals surface area contributed by atoms with Gasteiger partial charge in [0.15, 0.2) is 0 Å². The quantitative estimate of drug-likeness (QED) is 0.806. The van der Waals surface area contributed by atoms with Crippen molar-refractivity contribution < 1.29 is 0 Å². The Morgan fingerprint density at radius 1 is 1.63 bits per heavy atom. The summed E-state index contributed by atoms with van der Waals surface area (Å²) >= 11 is 3.35. The smallest absolute Gasteiger partial charge is 0.283 e. The number of nitrogens with two attached hydrogens (primary N) is 1. The number of hydrogen-bond acceptors (Lipinski definition) is 4. The molecule has 1 aromatic heterocycles. The highest BCUT2D eigenvalue weighted by Crippen LogP contribution is 2.24. The molecule has 0 aliphatic carbocycles. The van der Waals surface area contributed by atoms with E-state index < -0.39 is 0 Å². The van der Waals surface area contributed by atoms with Gasteiger partial charge in [-0.25, -0.2) is 4.68 Å². The average molecular weight is 329 g/mol. The zero-order chi connectivity index (χ0) is 14.6. The molecule has 5 nitrogen and oxygen atoms in total. The zero-order valence-corrected chi connectivity index (χ0v) is 13.3. The van der Waals surface area contributed by atoms with Crippen LogP contribution in [0.2, 0.25) is 0 Å². The minimum atomic E-state index is -0.158. The molecule has 0 fully saturated rings. The average Bonchev–Trinajstić information content (AvgIpc) is 2.34. The lowest BCUT2D eigenvalue weighted by Crippen LogP contribution is -2.38. The highest BCUT2D eigenvalue weighted by atomic mass is 79.9. The van der Waals surface area contributed by atoms with Crippen molar-refractivity contribution in [1.29, 1.82) is 0 Å². The summed E-state index contributed by atoms with van der Waals surface area (Å²) < 4.78 is 1.88. The van der Waals surface area contributed by atoms with Gasteiger partial charge in [-0.1, -0.05) is 19.9 Å². The number of nitrogens with zero attached hydrogens (tertiary/aromatic N) is 3. The third kappa shape index (κ3) is 3.91. The van der Waals surface area contributed by atoms with Crippen LogP contribution in [0.15, 0.2) is 28.1 Å². The van der Waals surface area contributed by atoms with Crippen LogP contribution in [0, 0.1) is 5.41 Å². The molecule has 0 amide bonds. The fourth-order valence-electron chi connectivity index (χ4n) is 1.77. The van der Waals surface area contributed by atoms with E-state index in [2.05, 4.69) is 41.5 Å². The minimum absolute atomic E-state index is 0.0236. The fraction of sp³-hybridized carbons (Fsp3) is 0.538. The van der Waals surface area contributed by atoms with E-state index in [1.807, 2.05) is 11.9 Å². The lowest BCUT2D eigenvalue weighted by atomic mass is 9.93. The normalized spacial score (nSPS) is 11.4. The molecule has 2 N–H and O–H groups in total. The van der Waals surface area contributed by atoms with E-state index in [9.17, 15) is 4.79 Å². The summed E-state index contributed by atoms with van der Waals surface area (Å²) in [6, 6.07) is 0. The van der Waals surface area contributed by atoms with Gasteiger partial charge in [0.25, 0.3) is 5.56 Å². The van der Waals surface area contributed by atoms with E-state index in [4.69, 9.17) is 5.73 Å². The molecule has 1 aromatic rings. The minimum Gasteiger partial charge on any atom is -0.372 e. The fourth-order valence-corrected chi connectivity index (χ4v) is 2.38. The molecule has 0 spiro atoms. The van der Waals surface area contributed by atoms with Gasteiger partial charge in [0.2, 0.25) is 0 Å². The van der Waals surface area contributed by atoms with Gasteiger partial charge in [-0.05, 0) is 27.9 Å². The molecule has 0 radical (unpaired) electrons. The van der Waals surface area contributed by atoms with Crippen LogP contribution in [0.3, 0.4) is 0 Å². The maximum Gasteiger partial charge on any atom is 0.283 e. The maximum absolute atomic E-state index is 12.1. The highest BCUT2D eigenvalue weighted by Gasteiger charge is 2.20. The predicted octanol–water partition coefficient (Wildman–Crippen LogP) is 1.61. The molecular weight excluding hydrogens is 308 g/mol. The lowest BCUT2D eigenvalue weighted by molar-refractivity contribution is 0.384. The number of allylic oxidation sites excluding steroid dienone is 1. The number of aromatic nitrogens is 2. The third-order valence-corrected chi connectivity index (χ3v) is 3.64. The van der Waals surface area contributed by atoms with Crippen LogP contribution in [-0.4, -0.2) is 29.9 Å². The Labute approximate surface area is 122 Å². The van der Waals surface area contributed by atoms with Crippen LogP contribution >= 0.6 is 15.9 Å². The van der Waals surface area contributed by atoms with Crippen LogP contribution in [0.25, 0.3) is 0 Å². The Kier molecular flexibility index (Phi) is 5.31. The van der Waals surface area contributed by atoms with Crippen molar-refractivity contribution >= 4 is 21.6 Å². The van der Waals surface area contributed by atoms with Gasteiger partial charge in [-0.2, -0.15) is 5.10 Å². The zero-order valence-electron chi connectivity index (χ0n) is 11.7. The Hall–Kier alpha value is -1.14. The first-order chi connectivity index (χ1) is 8.82. The van der Waals surface area contributed by atoms with Gasteiger partial charge < -0.3 is 10.6 Å². The van der Waals surface area contributed by atoms with Gasteiger partial charge in [-0.3, -0.25) is 4.79 Å². The van der Waals surface area contributed by atoms with Crippen molar-refractivity contribution in [3.05, 3.63) is 33.7 Å². The SMILES string of the molecule is C=CCn1ncc(N(C)CC(C)(C)CN)c(Br)c1=O. The van der Waals surface area contributed by atoms with E-state index in [0.29, 0.717) is 17.6 Å². The van der Waals surface area contributed by atoms with Crippen LogP contribution in [0.5, 0.6) is 0 Å². The van der Waals surface area contributed by atoms with E-state index in [0.717, 1.165) is 12.2 Å². The van der Waals surface area contributed by atoms with Crippen LogP contribution in [0.4, 0.5) is 5.69 Å². The molecule has 0 atom stereocenters. The maximum atomic E-state index is 12.1. The van der Waals surface area contributed by atoms with E-state index in [1.165, 1.54) is 4.68 Å². The second kappa shape index (κ2) is 6.34. The molecule has 0 aliphatic heterocycles. The summed E-state index contributed by atoms with van der Waals surface area (Å²) in [4.78, 5) is 14.1. The Morgan fingerprint density at radius 3 is 2.79 bits per heavy atom. The molecule has 1 heterocycles.